The summed E-state index contributed by atoms with van der Waals surface area (Å²) in [7, 11) is 0. The van der Waals surface area contributed by atoms with Gasteiger partial charge >= 0.3 is 0 Å². The molecule has 1 heterocycles. The molecule has 0 bridgehead atoms. The van der Waals surface area contributed by atoms with Crippen LogP contribution in [0.1, 0.15) is 32.6 Å². The summed E-state index contributed by atoms with van der Waals surface area (Å²) in [5.41, 5.74) is 5.77. The van der Waals surface area contributed by atoms with Gasteiger partial charge in [-0.3, -0.25) is 4.90 Å². The molecule has 0 aromatic carbocycles. The molecule has 0 aromatic heterocycles. The second kappa shape index (κ2) is 7.47. The van der Waals surface area contributed by atoms with Crippen LogP contribution in [-0.4, -0.2) is 40.5 Å². The minimum atomic E-state index is 0.375. The van der Waals surface area contributed by atoms with Gasteiger partial charge in [-0.05, 0) is 43.9 Å². The fraction of sp³-hybridized carbons (Fsp3) is 0.909. The van der Waals surface area contributed by atoms with Crippen LogP contribution >= 0.6 is 24.0 Å². The van der Waals surface area contributed by atoms with Crippen molar-refractivity contribution in [3.05, 3.63) is 0 Å². The molecule has 1 aliphatic heterocycles. The number of piperidine rings is 1. The van der Waals surface area contributed by atoms with Crippen LogP contribution in [0.25, 0.3) is 0 Å². The molecule has 1 atom stereocenters. The van der Waals surface area contributed by atoms with Crippen LogP contribution in [-0.2, 0) is 0 Å². The van der Waals surface area contributed by atoms with Crippen molar-refractivity contribution in [2.45, 2.75) is 38.6 Å². The fourth-order valence-corrected chi connectivity index (χ4v) is 2.98. The maximum Gasteiger partial charge on any atom is 0.0902 e. The molecule has 0 radical (unpaired) electrons. The Morgan fingerprint density at radius 3 is 3.00 bits per heavy atom. The molecule has 1 unspecified atom stereocenters. The van der Waals surface area contributed by atoms with Gasteiger partial charge in [0.05, 0.1) is 11.0 Å². The Kier molecular flexibility index (Phi) is 6.61. The molecule has 1 fully saturated rings. The zero-order valence-electron chi connectivity index (χ0n) is 9.58. The first-order valence-corrected chi connectivity index (χ1v) is 7.43. The summed E-state index contributed by atoms with van der Waals surface area (Å²) in [4.78, 5) is 3.17. The molecule has 4 heteroatoms. The van der Waals surface area contributed by atoms with Gasteiger partial charge in [0.15, 0.2) is 0 Å². The second-order valence-corrected chi connectivity index (χ2v) is 5.87. The van der Waals surface area contributed by atoms with Gasteiger partial charge in [0.2, 0.25) is 0 Å². The molecule has 2 N–H and O–H groups in total. The quantitative estimate of drug-likeness (QED) is 0.575. The van der Waals surface area contributed by atoms with E-state index in [1.807, 2.05) is 11.8 Å². The van der Waals surface area contributed by atoms with Gasteiger partial charge in [0.25, 0.3) is 0 Å². The monoisotopic (exact) mass is 246 g/mol. The summed E-state index contributed by atoms with van der Waals surface area (Å²) in [5, 5.41) is 0. The number of nitrogens with zero attached hydrogens (tertiary/aromatic N) is 1. The summed E-state index contributed by atoms with van der Waals surface area (Å²) in [5.74, 6) is 2.48. The van der Waals surface area contributed by atoms with E-state index >= 15 is 0 Å². The van der Waals surface area contributed by atoms with E-state index in [4.69, 9.17) is 18.0 Å². The standard InChI is InChI=1S/C11H22N2S2/c1-2-15-9-5-8-13-7-4-3-6-10(13)11(12)14/h10H,2-9H2,1H3,(H2,12,14). The number of thioether (sulfide) groups is 1. The molecule has 1 rings (SSSR count). The molecule has 0 saturated carbocycles. The van der Waals surface area contributed by atoms with Crippen LogP contribution in [0.3, 0.4) is 0 Å². The van der Waals surface area contributed by atoms with E-state index in [0.717, 1.165) is 13.0 Å². The predicted molar refractivity (Wildman–Crippen MR) is 73.6 cm³/mol. The molecule has 0 spiro atoms. The van der Waals surface area contributed by atoms with E-state index in [2.05, 4.69) is 11.8 Å². The van der Waals surface area contributed by atoms with Crippen LogP contribution in [0.2, 0.25) is 0 Å². The van der Waals surface area contributed by atoms with Crippen LogP contribution in [0, 0.1) is 0 Å². The lowest BCUT2D eigenvalue weighted by molar-refractivity contribution is 0.194. The zero-order chi connectivity index (χ0) is 11.1. The lowest BCUT2D eigenvalue weighted by Crippen LogP contribution is -2.47. The molecule has 0 amide bonds. The van der Waals surface area contributed by atoms with E-state index < -0.39 is 0 Å². The predicted octanol–water partition coefficient (Wildman–Crippen LogP) is 2.27. The van der Waals surface area contributed by atoms with Gasteiger partial charge in [-0.15, -0.1) is 0 Å². The van der Waals surface area contributed by atoms with Crippen LogP contribution in [0.15, 0.2) is 0 Å². The molecule has 2 nitrogen and oxygen atoms in total. The van der Waals surface area contributed by atoms with Gasteiger partial charge in [-0.1, -0.05) is 25.6 Å². The van der Waals surface area contributed by atoms with E-state index in [0.29, 0.717) is 11.0 Å². The summed E-state index contributed by atoms with van der Waals surface area (Å²) in [6.45, 7) is 4.55. The highest BCUT2D eigenvalue weighted by atomic mass is 32.2. The van der Waals surface area contributed by atoms with Crippen molar-refractivity contribution in [3.8, 4) is 0 Å². The Morgan fingerprint density at radius 1 is 1.53 bits per heavy atom. The summed E-state index contributed by atoms with van der Waals surface area (Å²) < 4.78 is 0. The minimum absolute atomic E-state index is 0.375. The lowest BCUT2D eigenvalue weighted by Gasteiger charge is -2.34. The molecule has 1 aliphatic rings. The summed E-state index contributed by atoms with van der Waals surface area (Å²) in [6.07, 6.45) is 5.01. The van der Waals surface area contributed by atoms with E-state index in [1.165, 1.54) is 37.3 Å². The van der Waals surface area contributed by atoms with Crippen molar-refractivity contribution < 1.29 is 0 Å². The maximum atomic E-state index is 5.77. The number of nitrogens with two attached hydrogens (primary N) is 1. The van der Waals surface area contributed by atoms with Crippen LogP contribution < -0.4 is 5.73 Å². The Balaban J connectivity index is 2.26. The highest BCUT2D eigenvalue weighted by Gasteiger charge is 2.23. The summed E-state index contributed by atoms with van der Waals surface area (Å²) in [6, 6.07) is 0.375. The second-order valence-electron chi connectivity index (χ2n) is 4.00. The topological polar surface area (TPSA) is 29.3 Å². The van der Waals surface area contributed by atoms with Gasteiger partial charge in [0, 0.05) is 0 Å². The van der Waals surface area contributed by atoms with Gasteiger partial charge in [-0.25, -0.2) is 0 Å². The van der Waals surface area contributed by atoms with Crippen LogP contribution in [0.5, 0.6) is 0 Å². The van der Waals surface area contributed by atoms with Crippen molar-refractivity contribution in [2.24, 2.45) is 5.73 Å². The molecule has 0 aromatic rings. The van der Waals surface area contributed by atoms with E-state index in [9.17, 15) is 0 Å². The average molecular weight is 246 g/mol. The number of likely N-dealkylation sites (tertiary alicyclic amines) is 1. The first-order chi connectivity index (χ1) is 7.25. The third-order valence-electron chi connectivity index (χ3n) is 2.88. The van der Waals surface area contributed by atoms with Crippen molar-refractivity contribution in [1.29, 1.82) is 0 Å². The molecular weight excluding hydrogens is 224 g/mol. The minimum Gasteiger partial charge on any atom is -0.392 e. The number of hydrogen-bond donors (Lipinski definition) is 1. The van der Waals surface area contributed by atoms with Gasteiger partial charge < -0.3 is 5.73 Å². The molecule has 0 aliphatic carbocycles. The van der Waals surface area contributed by atoms with E-state index in [-0.39, 0.29) is 0 Å². The normalized spacial score (nSPS) is 22.9. The van der Waals surface area contributed by atoms with Crippen molar-refractivity contribution in [1.82, 2.24) is 4.90 Å². The Hall–Kier alpha value is 0.200. The molecule has 88 valence electrons. The first kappa shape index (κ1) is 13.3. The smallest absolute Gasteiger partial charge is 0.0902 e. The number of thiocarbonyl (C=S) groups is 1. The largest absolute Gasteiger partial charge is 0.392 e. The Morgan fingerprint density at radius 2 is 2.33 bits per heavy atom. The van der Waals surface area contributed by atoms with Gasteiger partial charge in [-0.2, -0.15) is 11.8 Å². The average Bonchev–Trinajstić information content (AvgIpc) is 2.25. The highest BCUT2D eigenvalue weighted by molar-refractivity contribution is 7.99. The lowest BCUT2D eigenvalue weighted by atomic mass is 10.0. The van der Waals surface area contributed by atoms with Crippen molar-refractivity contribution in [3.63, 3.8) is 0 Å². The molecule has 1 saturated heterocycles. The number of hydrogen-bond acceptors (Lipinski definition) is 3. The number of rotatable bonds is 6. The third kappa shape index (κ3) is 4.70. The summed E-state index contributed by atoms with van der Waals surface area (Å²) >= 11 is 7.14. The zero-order valence-corrected chi connectivity index (χ0v) is 11.2. The highest BCUT2D eigenvalue weighted by Crippen LogP contribution is 2.17. The molecule has 15 heavy (non-hydrogen) atoms. The van der Waals surface area contributed by atoms with E-state index in [1.54, 1.807) is 0 Å². The third-order valence-corrected chi connectivity index (χ3v) is 4.14. The Labute approximate surface area is 103 Å². The molecular formula is C11H22N2S2. The van der Waals surface area contributed by atoms with Crippen LogP contribution in [0.4, 0.5) is 0 Å². The maximum absolute atomic E-state index is 5.77. The fourth-order valence-electron chi connectivity index (χ4n) is 2.09. The first-order valence-electron chi connectivity index (χ1n) is 5.86. The van der Waals surface area contributed by atoms with Crippen molar-refractivity contribution >= 4 is 29.0 Å². The SMILES string of the molecule is CCSCCCN1CCCCC1C(N)=S. The van der Waals surface area contributed by atoms with Crippen molar-refractivity contribution in [2.75, 3.05) is 24.6 Å². The Bertz CT molecular complexity index is 197. The van der Waals surface area contributed by atoms with Gasteiger partial charge in [0.1, 0.15) is 0 Å².